The van der Waals surface area contributed by atoms with Crippen molar-refractivity contribution in [3.05, 3.63) is 29.3 Å². The van der Waals surface area contributed by atoms with Crippen molar-refractivity contribution < 1.29 is 9.53 Å². The number of ketones is 1. The van der Waals surface area contributed by atoms with E-state index in [0.29, 0.717) is 6.42 Å². The third kappa shape index (κ3) is 3.59. The SMILES string of the molecule is CCC(=O)C(C)Oc1ccc(C(C)(C)C)cc1C. The first kappa shape index (κ1) is 14.7. The van der Waals surface area contributed by atoms with Gasteiger partial charge in [0.15, 0.2) is 11.9 Å². The summed E-state index contributed by atoms with van der Waals surface area (Å²) in [7, 11) is 0. The largest absolute Gasteiger partial charge is 0.483 e. The van der Waals surface area contributed by atoms with E-state index in [9.17, 15) is 4.79 Å². The lowest BCUT2D eigenvalue weighted by atomic mass is 9.86. The van der Waals surface area contributed by atoms with Crippen LogP contribution in [-0.2, 0) is 10.2 Å². The van der Waals surface area contributed by atoms with Gasteiger partial charge in [0.05, 0.1) is 0 Å². The van der Waals surface area contributed by atoms with Gasteiger partial charge < -0.3 is 4.74 Å². The molecule has 0 aliphatic heterocycles. The van der Waals surface area contributed by atoms with Crippen molar-refractivity contribution in [3.8, 4) is 5.75 Å². The molecular weight excluding hydrogens is 224 g/mol. The van der Waals surface area contributed by atoms with Crippen LogP contribution in [0.15, 0.2) is 18.2 Å². The minimum absolute atomic E-state index is 0.133. The van der Waals surface area contributed by atoms with E-state index in [-0.39, 0.29) is 17.3 Å². The van der Waals surface area contributed by atoms with Gasteiger partial charge in [-0.3, -0.25) is 4.79 Å². The Kier molecular flexibility index (Phi) is 4.55. The molecule has 0 aliphatic rings. The summed E-state index contributed by atoms with van der Waals surface area (Å²) in [5.74, 6) is 0.937. The van der Waals surface area contributed by atoms with E-state index < -0.39 is 0 Å². The van der Waals surface area contributed by atoms with Crippen LogP contribution in [0.4, 0.5) is 0 Å². The Morgan fingerprint density at radius 3 is 2.39 bits per heavy atom. The maximum Gasteiger partial charge on any atom is 0.172 e. The van der Waals surface area contributed by atoms with Crippen molar-refractivity contribution in [1.29, 1.82) is 0 Å². The normalized spacial score (nSPS) is 13.2. The van der Waals surface area contributed by atoms with Crippen LogP contribution in [0, 0.1) is 6.92 Å². The average Bonchev–Trinajstić information content (AvgIpc) is 2.29. The Labute approximate surface area is 110 Å². The number of carbonyl (C=O) groups excluding carboxylic acids is 1. The van der Waals surface area contributed by atoms with Crippen LogP contribution in [0.25, 0.3) is 0 Å². The van der Waals surface area contributed by atoms with Crippen molar-refractivity contribution in [2.75, 3.05) is 0 Å². The molecule has 0 radical (unpaired) electrons. The molecule has 1 rings (SSSR count). The molecule has 0 aliphatic carbocycles. The molecule has 0 saturated carbocycles. The zero-order valence-corrected chi connectivity index (χ0v) is 12.3. The fourth-order valence-electron chi connectivity index (χ4n) is 1.79. The molecule has 1 unspecified atom stereocenters. The van der Waals surface area contributed by atoms with E-state index in [2.05, 4.69) is 32.9 Å². The van der Waals surface area contributed by atoms with Gasteiger partial charge >= 0.3 is 0 Å². The molecule has 2 heteroatoms. The van der Waals surface area contributed by atoms with Gasteiger partial charge in [0.25, 0.3) is 0 Å². The molecule has 0 saturated heterocycles. The molecule has 0 amide bonds. The molecule has 1 atom stereocenters. The average molecular weight is 248 g/mol. The molecule has 1 aromatic rings. The zero-order chi connectivity index (χ0) is 13.9. The smallest absolute Gasteiger partial charge is 0.172 e. The van der Waals surface area contributed by atoms with Crippen molar-refractivity contribution in [3.63, 3.8) is 0 Å². The number of benzene rings is 1. The van der Waals surface area contributed by atoms with E-state index in [4.69, 9.17) is 4.74 Å². The van der Waals surface area contributed by atoms with Gasteiger partial charge in [-0.1, -0.05) is 39.8 Å². The van der Waals surface area contributed by atoms with Crippen LogP contribution in [0.3, 0.4) is 0 Å². The number of carbonyl (C=O) groups is 1. The lowest BCUT2D eigenvalue weighted by Gasteiger charge is -2.21. The predicted octanol–water partition coefficient (Wildman–Crippen LogP) is 4.04. The van der Waals surface area contributed by atoms with E-state index in [1.54, 1.807) is 0 Å². The highest BCUT2D eigenvalue weighted by atomic mass is 16.5. The van der Waals surface area contributed by atoms with Gasteiger partial charge in [-0.15, -0.1) is 0 Å². The van der Waals surface area contributed by atoms with Gasteiger partial charge in [-0.25, -0.2) is 0 Å². The summed E-state index contributed by atoms with van der Waals surface area (Å²) in [6, 6.07) is 6.18. The standard InChI is InChI=1S/C16H24O2/c1-7-14(17)12(3)18-15-9-8-13(10-11(15)2)16(4,5)6/h8-10,12H,7H2,1-6H3. The van der Waals surface area contributed by atoms with E-state index in [0.717, 1.165) is 11.3 Å². The molecule has 0 aromatic heterocycles. The highest BCUT2D eigenvalue weighted by Gasteiger charge is 2.17. The molecular formula is C16H24O2. The second-order valence-electron chi connectivity index (χ2n) is 5.81. The first-order valence-electron chi connectivity index (χ1n) is 6.56. The Hall–Kier alpha value is -1.31. The minimum atomic E-state index is -0.366. The van der Waals surface area contributed by atoms with Crippen LogP contribution in [-0.4, -0.2) is 11.9 Å². The molecule has 0 spiro atoms. The van der Waals surface area contributed by atoms with Gasteiger partial charge in [0.1, 0.15) is 5.75 Å². The Balaban J connectivity index is 2.90. The lowest BCUT2D eigenvalue weighted by Crippen LogP contribution is -2.23. The molecule has 0 N–H and O–H groups in total. The van der Waals surface area contributed by atoms with Crippen LogP contribution in [0.1, 0.15) is 52.2 Å². The number of Topliss-reactive ketones (excluding diaryl/α,β-unsaturated/α-hetero) is 1. The Bertz CT molecular complexity index is 427. The van der Waals surface area contributed by atoms with Crippen LogP contribution >= 0.6 is 0 Å². The summed E-state index contributed by atoms with van der Waals surface area (Å²) in [5, 5.41) is 0. The van der Waals surface area contributed by atoms with E-state index >= 15 is 0 Å². The molecule has 0 bridgehead atoms. The first-order valence-corrected chi connectivity index (χ1v) is 6.56. The first-order chi connectivity index (χ1) is 8.25. The summed E-state index contributed by atoms with van der Waals surface area (Å²) < 4.78 is 5.72. The van der Waals surface area contributed by atoms with Crippen molar-refractivity contribution >= 4 is 5.78 Å². The van der Waals surface area contributed by atoms with Crippen molar-refractivity contribution in [2.45, 2.75) is 59.5 Å². The third-order valence-electron chi connectivity index (χ3n) is 3.15. The summed E-state index contributed by atoms with van der Waals surface area (Å²) in [5.41, 5.74) is 2.49. The highest BCUT2D eigenvalue weighted by Crippen LogP contribution is 2.28. The number of ether oxygens (including phenoxy) is 1. The summed E-state index contributed by atoms with van der Waals surface area (Å²) in [4.78, 5) is 11.5. The van der Waals surface area contributed by atoms with Gasteiger partial charge in [-0.2, -0.15) is 0 Å². The predicted molar refractivity (Wildman–Crippen MR) is 75.3 cm³/mol. The van der Waals surface area contributed by atoms with Crippen molar-refractivity contribution in [1.82, 2.24) is 0 Å². The minimum Gasteiger partial charge on any atom is -0.483 e. The van der Waals surface area contributed by atoms with Gasteiger partial charge in [-0.05, 0) is 36.5 Å². The summed E-state index contributed by atoms with van der Waals surface area (Å²) >= 11 is 0. The molecule has 18 heavy (non-hydrogen) atoms. The molecule has 2 nitrogen and oxygen atoms in total. The third-order valence-corrected chi connectivity index (χ3v) is 3.15. The number of hydrogen-bond acceptors (Lipinski definition) is 2. The maximum atomic E-state index is 11.5. The molecule has 1 aromatic carbocycles. The second kappa shape index (κ2) is 5.55. The molecule has 0 fully saturated rings. The zero-order valence-electron chi connectivity index (χ0n) is 12.3. The Morgan fingerprint density at radius 2 is 1.94 bits per heavy atom. The fourth-order valence-corrected chi connectivity index (χ4v) is 1.79. The molecule has 0 heterocycles. The maximum absolute atomic E-state index is 11.5. The van der Waals surface area contributed by atoms with Gasteiger partial charge in [0.2, 0.25) is 0 Å². The van der Waals surface area contributed by atoms with Crippen LogP contribution in [0.5, 0.6) is 5.75 Å². The number of hydrogen-bond donors (Lipinski definition) is 0. The summed E-state index contributed by atoms with van der Waals surface area (Å²) in [6.45, 7) is 12.2. The fraction of sp³-hybridized carbons (Fsp3) is 0.562. The van der Waals surface area contributed by atoms with E-state index in [1.807, 2.05) is 26.8 Å². The Morgan fingerprint density at radius 1 is 1.33 bits per heavy atom. The van der Waals surface area contributed by atoms with Crippen molar-refractivity contribution in [2.24, 2.45) is 0 Å². The van der Waals surface area contributed by atoms with Crippen LogP contribution in [0.2, 0.25) is 0 Å². The summed E-state index contributed by atoms with van der Waals surface area (Å²) in [6.07, 6.45) is 0.148. The van der Waals surface area contributed by atoms with E-state index in [1.165, 1.54) is 5.56 Å². The second-order valence-corrected chi connectivity index (χ2v) is 5.81. The van der Waals surface area contributed by atoms with Gasteiger partial charge in [0, 0.05) is 6.42 Å². The topological polar surface area (TPSA) is 26.3 Å². The monoisotopic (exact) mass is 248 g/mol. The van der Waals surface area contributed by atoms with Crippen LogP contribution < -0.4 is 4.74 Å². The quantitative estimate of drug-likeness (QED) is 0.804. The number of rotatable bonds is 4. The lowest BCUT2D eigenvalue weighted by molar-refractivity contribution is -0.124. The highest BCUT2D eigenvalue weighted by molar-refractivity contribution is 5.82. The molecule has 100 valence electrons. The number of aryl methyl sites for hydroxylation is 1.